The van der Waals surface area contributed by atoms with E-state index >= 15 is 0 Å². The molecule has 1 heterocycles. The van der Waals surface area contributed by atoms with Gasteiger partial charge < -0.3 is 15.4 Å². The maximum absolute atomic E-state index is 12.3. The van der Waals surface area contributed by atoms with E-state index < -0.39 is 0 Å². The fourth-order valence-corrected chi connectivity index (χ4v) is 2.88. The van der Waals surface area contributed by atoms with Crippen LogP contribution in [0.2, 0.25) is 0 Å². The summed E-state index contributed by atoms with van der Waals surface area (Å²) < 4.78 is 5.40. The first kappa shape index (κ1) is 17.3. The Kier molecular flexibility index (Phi) is 6.24. The minimum atomic E-state index is 0. The first-order chi connectivity index (χ1) is 10.2. The second-order valence-electron chi connectivity index (χ2n) is 6.22. The predicted octanol–water partition coefficient (Wildman–Crippen LogP) is 2.36. The van der Waals surface area contributed by atoms with Crippen LogP contribution in [-0.2, 0) is 9.53 Å². The summed E-state index contributed by atoms with van der Waals surface area (Å²) in [4.78, 5) is 12.3. The Labute approximate surface area is 138 Å². The minimum Gasteiger partial charge on any atom is -0.378 e. The Bertz CT molecular complexity index is 482. The summed E-state index contributed by atoms with van der Waals surface area (Å²) in [6.45, 7) is 4.30. The van der Waals surface area contributed by atoms with Crippen molar-refractivity contribution in [3.63, 3.8) is 0 Å². The molecule has 0 radical (unpaired) electrons. The van der Waals surface area contributed by atoms with Crippen LogP contribution in [0, 0.1) is 12.8 Å². The topological polar surface area (TPSA) is 50.4 Å². The molecule has 1 aliphatic heterocycles. The van der Waals surface area contributed by atoms with Gasteiger partial charge in [-0.15, -0.1) is 12.4 Å². The lowest BCUT2D eigenvalue weighted by Crippen LogP contribution is -2.44. The van der Waals surface area contributed by atoms with Gasteiger partial charge in [0, 0.05) is 19.0 Å². The average molecular weight is 325 g/mol. The number of hydrogen-bond acceptors (Lipinski definition) is 3. The number of ether oxygens (including phenoxy) is 1. The van der Waals surface area contributed by atoms with Gasteiger partial charge in [-0.3, -0.25) is 4.79 Å². The van der Waals surface area contributed by atoms with Crippen molar-refractivity contribution >= 4 is 18.3 Å². The fourth-order valence-electron chi connectivity index (χ4n) is 2.88. The maximum Gasteiger partial charge on any atom is 0.222 e. The van der Waals surface area contributed by atoms with Crippen LogP contribution in [0.3, 0.4) is 0 Å². The summed E-state index contributed by atoms with van der Waals surface area (Å²) in [5.74, 6) is 0.725. The molecule has 1 aliphatic carbocycles. The molecule has 2 fully saturated rings. The highest BCUT2D eigenvalue weighted by Gasteiger charge is 2.33. The predicted molar refractivity (Wildman–Crippen MR) is 89.3 cm³/mol. The third kappa shape index (κ3) is 4.70. The molecule has 1 saturated heterocycles. The van der Waals surface area contributed by atoms with E-state index in [2.05, 4.69) is 41.8 Å². The first-order valence-electron chi connectivity index (χ1n) is 7.89. The maximum atomic E-state index is 12.3. The molecule has 5 heteroatoms. The summed E-state index contributed by atoms with van der Waals surface area (Å²) >= 11 is 0. The van der Waals surface area contributed by atoms with Gasteiger partial charge in [-0.25, -0.2) is 0 Å². The van der Waals surface area contributed by atoms with Gasteiger partial charge in [-0.05, 0) is 31.2 Å². The summed E-state index contributed by atoms with van der Waals surface area (Å²) in [5.41, 5.74) is 2.48. The zero-order chi connectivity index (χ0) is 14.7. The van der Waals surface area contributed by atoms with Crippen LogP contribution in [0.15, 0.2) is 24.3 Å². The number of benzene rings is 1. The van der Waals surface area contributed by atoms with Gasteiger partial charge in [0.15, 0.2) is 0 Å². The van der Waals surface area contributed by atoms with Crippen LogP contribution in [0.1, 0.15) is 36.4 Å². The van der Waals surface area contributed by atoms with Gasteiger partial charge in [-0.1, -0.05) is 29.8 Å². The number of rotatable bonds is 5. The lowest BCUT2D eigenvalue weighted by atomic mass is 10.0. The third-order valence-electron chi connectivity index (χ3n) is 4.28. The highest BCUT2D eigenvalue weighted by Crippen LogP contribution is 2.41. The smallest absolute Gasteiger partial charge is 0.222 e. The zero-order valence-electron chi connectivity index (χ0n) is 13.0. The number of nitrogens with one attached hydrogen (secondary N) is 2. The molecular formula is C17H25ClN2O2. The van der Waals surface area contributed by atoms with Gasteiger partial charge in [0.2, 0.25) is 5.91 Å². The molecule has 22 heavy (non-hydrogen) atoms. The molecule has 2 aliphatic rings. The lowest BCUT2D eigenvalue weighted by Gasteiger charge is -2.25. The summed E-state index contributed by atoms with van der Waals surface area (Å²) in [5, 5.41) is 6.56. The molecule has 2 atom stereocenters. The van der Waals surface area contributed by atoms with E-state index in [0.29, 0.717) is 18.9 Å². The molecule has 2 N–H and O–H groups in total. The van der Waals surface area contributed by atoms with E-state index in [0.717, 1.165) is 13.2 Å². The monoisotopic (exact) mass is 324 g/mol. The van der Waals surface area contributed by atoms with Crippen molar-refractivity contribution in [3.8, 4) is 0 Å². The molecule has 1 saturated carbocycles. The highest BCUT2D eigenvalue weighted by atomic mass is 35.5. The molecule has 1 aromatic rings. The molecule has 0 bridgehead atoms. The van der Waals surface area contributed by atoms with Gasteiger partial charge in [-0.2, -0.15) is 0 Å². The SMILES string of the molecule is Cc1ccc(C(NC(=O)CC2COCCN2)C2CC2)cc1.Cl. The Hall–Kier alpha value is -1.10. The second-order valence-corrected chi connectivity index (χ2v) is 6.22. The van der Waals surface area contributed by atoms with Crippen molar-refractivity contribution in [1.82, 2.24) is 10.6 Å². The summed E-state index contributed by atoms with van der Waals surface area (Å²) in [7, 11) is 0. The van der Waals surface area contributed by atoms with E-state index in [-0.39, 0.29) is 30.4 Å². The Morgan fingerprint density at radius 3 is 2.68 bits per heavy atom. The molecule has 1 aromatic carbocycles. The molecule has 2 unspecified atom stereocenters. The van der Waals surface area contributed by atoms with Crippen molar-refractivity contribution in [2.45, 2.75) is 38.3 Å². The van der Waals surface area contributed by atoms with Gasteiger partial charge in [0.05, 0.1) is 19.3 Å². The summed E-state index contributed by atoms with van der Waals surface area (Å²) in [6, 6.07) is 8.83. The minimum absolute atomic E-state index is 0. The molecule has 0 spiro atoms. The van der Waals surface area contributed by atoms with Crippen LogP contribution in [0.25, 0.3) is 0 Å². The number of halogens is 1. The van der Waals surface area contributed by atoms with E-state index in [1.165, 1.54) is 24.0 Å². The summed E-state index contributed by atoms with van der Waals surface area (Å²) in [6.07, 6.45) is 2.92. The van der Waals surface area contributed by atoms with Gasteiger partial charge in [0.25, 0.3) is 0 Å². The zero-order valence-corrected chi connectivity index (χ0v) is 13.8. The number of aryl methyl sites for hydroxylation is 1. The van der Waals surface area contributed by atoms with Crippen LogP contribution in [-0.4, -0.2) is 31.7 Å². The molecular weight excluding hydrogens is 300 g/mol. The van der Waals surface area contributed by atoms with E-state index in [9.17, 15) is 4.79 Å². The quantitative estimate of drug-likeness (QED) is 0.874. The molecule has 3 rings (SSSR count). The molecule has 122 valence electrons. The molecule has 0 aromatic heterocycles. The normalized spacial score (nSPS) is 22.5. The molecule has 4 nitrogen and oxygen atoms in total. The lowest BCUT2D eigenvalue weighted by molar-refractivity contribution is -0.123. The van der Waals surface area contributed by atoms with Crippen molar-refractivity contribution in [2.24, 2.45) is 5.92 Å². The van der Waals surface area contributed by atoms with Crippen LogP contribution < -0.4 is 10.6 Å². The van der Waals surface area contributed by atoms with Crippen LogP contribution in [0.5, 0.6) is 0 Å². The Morgan fingerprint density at radius 1 is 1.36 bits per heavy atom. The Morgan fingerprint density at radius 2 is 2.09 bits per heavy atom. The van der Waals surface area contributed by atoms with Crippen molar-refractivity contribution in [1.29, 1.82) is 0 Å². The van der Waals surface area contributed by atoms with Crippen LogP contribution >= 0.6 is 12.4 Å². The molecule has 1 amide bonds. The third-order valence-corrected chi connectivity index (χ3v) is 4.28. The standard InChI is InChI=1S/C17H24N2O2.ClH/c1-12-2-4-13(5-3-12)17(14-6-7-14)19-16(20)10-15-11-21-9-8-18-15;/h2-5,14-15,17-18H,6-11H2,1H3,(H,19,20);1H. The van der Waals surface area contributed by atoms with E-state index in [1.54, 1.807) is 0 Å². The second kappa shape index (κ2) is 7.95. The first-order valence-corrected chi connectivity index (χ1v) is 7.89. The number of hydrogen-bond donors (Lipinski definition) is 2. The van der Waals surface area contributed by atoms with Crippen molar-refractivity contribution in [3.05, 3.63) is 35.4 Å². The van der Waals surface area contributed by atoms with E-state index in [1.807, 2.05) is 0 Å². The van der Waals surface area contributed by atoms with Crippen LogP contribution in [0.4, 0.5) is 0 Å². The number of amides is 1. The van der Waals surface area contributed by atoms with E-state index in [4.69, 9.17) is 4.74 Å². The average Bonchev–Trinajstić information content (AvgIpc) is 3.31. The van der Waals surface area contributed by atoms with Crippen molar-refractivity contribution in [2.75, 3.05) is 19.8 Å². The Balaban J connectivity index is 0.00000176. The number of carbonyl (C=O) groups is 1. The highest BCUT2D eigenvalue weighted by molar-refractivity contribution is 5.85. The number of morpholine rings is 1. The van der Waals surface area contributed by atoms with Crippen molar-refractivity contribution < 1.29 is 9.53 Å². The largest absolute Gasteiger partial charge is 0.378 e. The van der Waals surface area contributed by atoms with Gasteiger partial charge in [0.1, 0.15) is 0 Å². The number of carbonyl (C=O) groups excluding carboxylic acids is 1. The fraction of sp³-hybridized carbons (Fsp3) is 0.588. The van der Waals surface area contributed by atoms with Gasteiger partial charge >= 0.3 is 0 Å².